The van der Waals surface area contributed by atoms with Gasteiger partial charge in [0.05, 0.1) is 4.92 Å². The number of nitrogens with zero attached hydrogens (tertiary/aromatic N) is 1. The molecule has 0 aliphatic rings. The fourth-order valence-electron chi connectivity index (χ4n) is 1.93. The first-order chi connectivity index (χ1) is 10.0. The third kappa shape index (κ3) is 3.52. The first-order valence-corrected chi connectivity index (χ1v) is 7.27. The number of aryl methyl sites for hydroxylation is 1. The second-order valence-corrected chi connectivity index (χ2v) is 5.31. The predicted octanol–water partition coefficient (Wildman–Crippen LogP) is 4.89. The van der Waals surface area contributed by atoms with Gasteiger partial charge >= 0.3 is 5.69 Å². The predicted molar refractivity (Wildman–Crippen MR) is 86.2 cm³/mol. The van der Waals surface area contributed by atoms with Crippen molar-refractivity contribution in [1.29, 1.82) is 0 Å². The summed E-state index contributed by atoms with van der Waals surface area (Å²) >= 11 is 3.41. The van der Waals surface area contributed by atoms with Crippen molar-refractivity contribution in [1.82, 2.24) is 0 Å². The highest BCUT2D eigenvalue weighted by Gasteiger charge is 2.21. The van der Waals surface area contributed by atoms with E-state index in [4.69, 9.17) is 4.74 Å². The number of rotatable bonds is 5. The average molecular weight is 351 g/mol. The van der Waals surface area contributed by atoms with Crippen molar-refractivity contribution >= 4 is 27.3 Å². The van der Waals surface area contributed by atoms with Crippen LogP contribution in [0, 0.1) is 17.0 Å². The van der Waals surface area contributed by atoms with E-state index in [0.717, 1.165) is 10.0 Å². The Bertz CT molecular complexity index is 674. The smallest absolute Gasteiger partial charge is 0.334 e. The Labute approximate surface area is 131 Å². The molecular formula is C15H15BrN2O3. The first kappa shape index (κ1) is 15.3. The number of hydrogen-bond donors (Lipinski definition) is 1. The molecule has 0 unspecified atom stereocenters. The second kappa shape index (κ2) is 6.58. The first-order valence-electron chi connectivity index (χ1n) is 6.48. The maximum atomic E-state index is 11.3. The Kier molecular flexibility index (Phi) is 4.80. The monoisotopic (exact) mass is 350 g/mol. The van der Waals surface area contributed by atoms with Crippen molar-refractivity contribution < 1.29 is 9.66 Å². The maximum absolute atomic E-state index is 11.3. The van der Waals surface area contributed by atoms with Crippen molar-refractivity contribution in [2.45, 2.75) is 13.8 Å². The molecule has 5 nitrogen and oxygen atoms in total. The molecule has 2 aromatic carbocycles. The van der Waals surface area contributed by atoms with Crippen LogP contribution >= 0.6 is 15.9 Å². The SMILES string of the molecule is CCNc1cccc(Oc2ccc(Br)c(C)c2)c1[N+](=O)[O-]. The number of halogens is 1. The summed E-state index contributed by atoms with van der Waals surface area (Å²) in [5.41, 5.74) is 1.40. The lowest BCUT2D eigenvalue weighted by Gasteiger charge is -2.11. The van der Waals surface area contributed by atoms with Gasteiger partial charge < -0.3 is 10.1 Å². The molecule has 0 bridgehead atoms. The topological polar surface area (TPSA) is 64.4 Å². The van der Waals surface area contributed by atoms with Gasteiger partial charge in [-0.1, -0.05) is 22.0 Å². The summed E-state index contributed by atoms with van der Waals surface area (Å²) in [6, 6.07) is 10.4. The van der Waals surface area contributed by atoms with E-state index in [1.54, 1.807) is 24.3 Å². The van der Waals surface area contributed by atoms with Crippen molar-refractivity contribution in [3.05, 3.63) is 56.5 Å². The number of anilines is 1. The van der Waals surface area contributed by atoms with Gasteiger partial charge in [0.15, 0.2) is 0 Å². The quantitative estimate of drug-likeness (QED) is 0.615. The Hall–Kier alpha value is -2.08. The second-order valence-electron chi connectivity index (χ2n) is 4.45. The van der Waals surface area contributed by atoms with Gasteiger partial charge in [-0.3, -0.25) is 10.1 Å². The van der Waals surface area contributed by atoms with E-state index in [-0.39, 0.29) is 11.4 Å². The highest BCUT2D eigenvalue weighted by Crippen LogP contribution is 2.37. The minimum Gasteiger partial charge on any atom is -0.450 e. The van der Waals surface area contributed by atoms with Crippen molar-refractivity contribution in [2.75, 3.05) is 11.9 Å². The molecule has 110 valence electrons. The molecule has 0 atom stereocenters. The van der Waals surface area contributed by atoms with Crippen LogP contribution in [0.1, 0.15) is 12.5 Å². The zero-order valence-electron chi connectivity index (χ0n) is 11.7. The lowest BCUT2D eigenvalue weighted by atomic mass is 10.2. The summed E-state index contributed by atoms with van der Waals surface area (Å²) in [6.07, 6.45) is 0. The molecule has 0 fully saturated rings. The largest absolute Gasteiger partial charge is 0.450 e. The van der Waals surface area contributed by atoms with E-state index < -0.39 is 4.92 Å². The van der Waals surface area contributed by atoms with Crippen molar-refractivity contribution in [2.24, 2.45) is 0 Å². The fraction of sp³-hybridized carbons (Fsp3) is 0.200. The van der Waals surface area contributed by atoms with Crippen LogP contribution in [0.25, 0.3) is 0 Å². The third-order valence-corrected chi connectivity index (χ3v) is 3.80. The number of nitrogens with one attached hydrogen (secondary N) is 1. The number of nitro benzene ring substituents is 1. The van der Waals surface area contributed by atoms with Gasteiger partial charge in [0, 0.05) is 11.0 Å². The van der Waals surface area contributed by atoms with Gasteiger partial charge in [0.25, 0.3) is 0 Å². The normalized spacial score (nSPS) is 10.2. The molecule has 0 spiro atoms. The van der Waals surface area contributed by atoms with Gasteiger partial charge in [-0.05, 0) is 49.7 Å². The molecule has 0 saturated heterocycles. The summed E-state index contributed by atoms with van der Waals surface area (Å²) in [5, 5.41) is 14.3. The Morgan fingerprint density at radius 3 is 2.71 bits per heavy atom. The zero-order valence-corrected chi connectivity index (χ0v) is 13.3. The van der Waals surface area contributed by atoms with Crippen LogP contribution in [0.15, 0.2) is 40.9 Å². The number of para-hydroxylation sites is 1. The molecule has 2 aromatic rings. The van der Waals surface area contributed by atoms with Gasteiger partial charge in [-0.2, -0.15) is 0 Å². The van der Waals surface area contributed by atoms with Crippen LogP contribution in [0.5, 0.6) is 11.5 Å². The molecule has 0 amide bonds. The van der Waals surface area contributed by atoms with Gasteiger partial charge in [0.2, 0.25) is 5.75 Å². The minimum absolute atomic E-state index is 0.0556. The molecule has 0 aromatic heterocycles. The molecule has 0 saturated carbocycles. The average Bonchev–Trinajstić information content (AvgIpc) is 2.43. The Morgan fingerprint density at radius 1 is 1.33 bits per heavy atom. The molecule has 6 heteroatoms. The van der Waals surface area contributed by atoms with Crippen LogP contribution in [0.3, 0.4) is 0 Å². The third-order valence-electron chi connectivity index (χ3n) is 2.91. The summed E-state index contributed by atoms with van der Waals surface area (Å²) < 4.78 is 6.65. The van der Waals surface area contributed by atoms with E-state index in [1.807, 2.05) is 26.0 Å². The highest BCUT2D eigenvalue weighted by atomic mass is 79.9. The lowest BCUT2D eigenvalue weighted by molar-refractivity contribution is -0.384. The van der Waals surface area contributed by atoms with Crippen LogP contribution in [-0.2, 0) is 0 Å². The van der Waals surface area contributed by atoms with E-state index >= 15 is 0 Å². The van der Waals surface area contributed by atoms with Gasteiger partial charge in [-0.25, -0.2) is 0 Å². The zero-order chi connectivity index (χ0) is 15.4. The number of benzene rings is 2. The molecule has 0 heterocycles. The molecular weight excluding hydrogens is 336 g/mol. The molecule has 1 N–H and O–H groups in total. The van der Waals surface area contributed by atoms with Crippen LogP contribution in [0.4, 0.5) is 11.4 Å². The van der Waals surface area contributed by atoms with E-state index in [2.05, 4.69) is 21.2 Å². The lowest BCUT2D eigenvalue weighted by Crippen LogP contribution is -2.02. The summed E-state index contributed by atoms with van der Waals surface area (Å²) in [4.78, 5) is 10.9. The summed E-state index contributed by atoms with van der Waals surface area (Å²) in [7, 11) is 0. The number of hydrogen-bond acceptors (Lipinski definition) is 4. The van der Waals surface area contributed by atoms with Gasteiger partial charge in [0.1, 0.15) is 11.4 Å². The van der Waals surface area contributed by atoms with Crippen LogP contribution < -0.4 is 10.1 Å². The molecule has 0 aliphatic carbocycles. The maximum Gasteiger partial charge on any atom is 0.334 e. The van der Waals surface area contributed by atoms with E-state index in [9.17, 15) is 10.1 Å². The Morgan fingerprint density at radius 2 is 2.10 bits per heavy atom. The Balaban J connectivity index is 2.41. The van der Waals surface area contributed by atoms with Gasteiger partial charge in [-0.15, -0.1) is 0 Å². The standard InChI is InChI=1S/C15H15BrN2O3/c1-3-17-13-5-4-6-14(15(13)18(19)20)21-11-7-8-12(16)10(2)9-11/h4-9,17H,3H2,1-2H3. The molecule has 21 heavy (non-hydrogen) atoms. The van der Waals surface area contributed by atoms with Crippen LogP contribution in [-0.4, -0.2) is 11.5 Å². The molecule has 0 radical (unpaired) electrons. The highest BCUT2D eigenvalue weighted by molar-refractivity contribution is 9.10. The summed E-state index contributed by atoms with van der Waals surface area (Å²) in [6.45, 7) is 4.41. The number of ether oxygens (including phenoxy) is 1. The summed E-state index contributed by atoms with van der Waals surface area (Å²) in [5.74, 6) is 0.785. The fourth-order valence-corrected chi connectivity index (χ4v) is 2.18. The van der Waals surface area contributed by atoms with E-state index in [1.165, 1.54) is 0 Å². The number of nitro groups is 1. The van der Waals surface area contributed by atoms with Crippen molar-refractivity contribution in [3.8, 4) is 11.5 Å². The van der Waals surface area contributed by atoms with Crippen molar-refractivity contribution in [3.63, 3.8) is 0 Å². The molecule has 2 rings (SSSR count). The molecule has 0 aliphatic heterocycles. The van der Waals surface area contributed by atoms with E-state index in [0.29, 0.717) is 18.0 Å². The minimum atomic E-state index is -0.432. The van der Waals surface area contributed by atoms with Crippen LogP contribution in [0.2, 0.25) is 0 Å².